The summed E-state index contributed by atoms with van der Waals surface area (Å²) in [5.74, 6) is -4.22. The number of nitrogens with one attached hydrogen (secondary N) is 5. The Kier molecular flexibility index (Phi) is 15.7. The number of amides is 6. The molecule has 2 aromatic rings. The highest BCUT2D eigenvalue weighted by molar-refractivity contribution is 6.37. The molecule has 1 aromatic heterocycles. The molecule has 3 heterocycles. The molecule has 2 aliphatic heterocycles. The molecule has 0 bridgehead atoms. The van der Waals surface area contributed by atoms with E-state index in [9.17, 15) is 38.7 Å². The molecule has 6 rings (SSSR count). The zero-order chi connectivity index (χ0) is 44.4. The first kappa shape index (κ1) is 46.1. The fourth-order valence-electron chi connectivity index (χ4n) is 9.40. The predicted molar refractivity (Wildman–Crippen MR) is 223 cm³/mol. The van der Waals surface area contributed by atoms with Gasteiger partial charge in [-0.3, -0.25) is 34.1 Å². The second-order valence-electron chi connectivity index (χ2n) is 17.7. The van der Waals surface area contributed by atoms with Crippen LogP contribution in [-0.4, -0.2) is 110 Å². The quantitative estimate of drug-likeness (QED) is 0.0824. The van der Waals surface area contributed by atoms with Crippen LogP contribution in [0.2, 0.25) is 0 Å². The maximum absolute atomic E-state index is 15.0. The first-order valence-electron chi connectivity index (χ1n) is 22.0. The summed E-state index contributed by atoms with van der Waals surface area (Å²) in [7, 11) is 0. The lowest BCUT2D eigenvalue weighted by Crippen LogP contribution is -2.59. The Labute approximate surface area is 361 Å². The van der Waals surface area contributed by atoms with E-state index in [-0.39, 0.29) is 62.2 Å². The van der Waals surface area contributed by atoms with Crippen molar-refractivity contribution in [3.8, 4) is 0 Å². The normalized spacial score (nSPS) is 23.9. The van der Waals surface area contributed by atoms with Crippen molar-refractivity contribution in [3.63, 3.8) is 0 Å². The highest BCUT2D eigenvalue weighted by atomic mass is 16.5. The molecule has 6 amide bonds. The van der Waals surface area contributed by atoms with Crippen LogP contribution in [0.25, 0.3) is 0 Å². The van der Waals surface area contributed by atoms with Crippen molar-refractivity contribution in [2.75, 3.05) is 19.8 Å². The summed E-state index contributed by atoms with van der Waals surface area (Å²) in [6.45, 7) is 3.76. The van der Waals surface area contributed by atoms with Gasteiger partial charge in [-0.25, -0.2) is 9.48 Å². The molecule has 19 nitrogen and oxygen atoms in total. The molecule has 338 valence electrons. The van der Waals surface area contributed by atoms with Crippen LogP contribution in [0, 0.1) is 17.8 Å². The zero-order valence-electron chi connectivity index (χ0n) is 35.7. The number of alkyl carbamates (subject to hydrolysis) is 1. The summed E-state index contributed by atoms with van der Waals surface area (Å²) in [6.07, 6.45) is 8.27. The molecule has 62 heavy (non-hydrogen) atoms. The predicted octanol–water partition coefficient (Wildman–Crippen LogP) is 1.20. The summed E-state index contributed by atoms with van der Waals surface area (Å²) in [5, 5.41) is 33.8. The van der Waals surface area contributed by atoms with Crippen molar-refractivity contribution in [1.82, 2.24) is 46.5 Å². The van der Waals surface area contributed by atoms with E-state index in [0.717, 1.165) is 37.7 Å². The van der Waals surface area contributed by atoms with Gasteiger partial charge in [0.1, 0.15) is 24.3 Å². The maximum atomic E-state index is 15.0. The van der Waals surface area contributed by atoms with Gasteiger partial charge in [-0.2, -0.15) is 0 Å². The lowest BCUT2D eigenvalue weighted by Gasteiger charge is -2.39. The van der Waals surface area contributed by atoms with Gasteiger partial charge in [0.25, 0.3) is 5.91 Å². The molecule has 19 heteroatoms. The summed E-state index contributed by atoms with van der Waals surface area (Å²) >= 11 is 0. The van der Waals surface area contributed by atoms with E-state index in [1.807, 2.05) is 30.3 Å². The van der Waals surface area contributed by atoms with Crippen LogP contribution >= 0.6 is 0 Å². The number of carbonyl (C=O) groups excluding carboxylic acids is 7. The monoisotopic (exact) mass is 862 g/mol. The van der Waals surface area contributed by atoms with Crippen LogP contribution in [0.4, 0.5) is 4.79 Å². The Balaban J connectivity index is 1.17. The van der Waals surface area contributed by atoms with Gasteiger partial charge in [-0.15, -0.1) is 5.10 Å². The van der Waals surface area contributed by atoms with Gasteiger partial charge in [0.05, 0.1) is 36.6 Å². The first-order valence-corrected chi connectivity index (χ1v) is 22.0. The maximum Gasteiger partial charge on any atom is 0.407 e. The number of ether oxygens (including phenoxy) is 1. The molecule has 0 spiro atoms. The van der Waals surface area contributed by atoms with Crippen molar-refractivity contribution in [2.45, 2.75) is 140 Å². The van der Waals surface area contributed by atoms with E-state index in [0.29, 0.717) is 50.9 Å². The molecule has 4 aliphatic rings. The van der Waals surface area contributed by atoms with Crippen LogP contribution in [0.3, 0.4) is 0 Å². The van der Waals surface area contributed by atoms with E-state index in [1.54, 1.807) is 13.8 Å². The minimum Gasteiger partial charge on any atom is -0.445 e. The number of nitrogens with zero attached hydrogens (tertiary/aromatic N) is 4. The SMILES string of the molecule is CC(C)(O)c1cnnn1[C@H]1C[C@@H](C(=O)NC(CCCCNC(=O)OCc2ccccc2)C(=O)C(N)=O)N(C(=O)[C@@H](CC2CCCCC2)NC(=O)C2CCC3C(=O)NCNC3C2)C1. The average molecular weight is 863 g/mol. The van der Waals surface area contributed by atoms with Crippen LogP contribution in [0.5, 0.6) is 0 Å². The molecule has 8 N–H and O–H groups in total. The molecular formula is C43H62N10O9. The fourth-order valence-corrected chi connectivity index (χ4v) is 9.40. The lowest BCUT2D eigenvalue weighted by molar-refractivity contribution is -0.144. The Morgan fingerprint density at radius 1 is 0.968 bits per heavy atom. The summed E-state index contributed by atoms with van der Waals surface area (Å²) < 4.78 is 6.74. The van der Waals surface area contributed by atoms with Crippen molar-refractivity contribution in [2.24, 2.45) is 23.5 Å². The number of ketones is 1. The molecular weight excluding hydrogens is 801 g/mol. The second kappa shape index (κ2) is 21.1. The highest BCUT2D eigenvalue weighted by Gasteiger charge is 2.46. The van der Waals surface area contributed by atoms with E-state index < -0.39 is 65.3 Å². The number of likely N-dealkylation sites (tertiary alicyclic amines) is 1. The van der Waals surface area contributed by atoms with Crippen LogP contribution in [-0.2, 0) is 45.7 Å². The van der Waals surface area contributed by atoms with Crippen molar-refractivity contribution >= 4 is 41.4 Å². The number of Topliss-reactive ketones (excluding diaryl/α,β-unsaturated/α-hetero) is 1. The van der Waals surface area contributed by atoms with Crippen LogP contribution in [0.15, 0.2) is 36.5 Å². The van der Waals surface area contributed by atoms with Crippen molar-refractivity contribution in [3.05, 3.63) is 47.8 Å². The van der Waals surface area contributed by atoms with Gasteiger partial charge in [-0.05, 0) is 70.3 Å². The number of fused-ring (bicyclic) bond motifs is 1. The summed E-state index contributed by atoms with van der Waals surface area (Å²) in [4.78, 5) is 94.9. The zero-order valence-corrected chi connectivity index (χ0v) is 35.7. The minimum absolute atomic E-state index is 0.0183. The molecule has 1 aromatic carbocycles. The van der Waals surface area contributed by atoms with E-state index in [4.69, 9.17) is 10.5 Å². The van der Waals surface area contributed by atoms with Crippen LogP contribution < -0.4 is 32.3 Å². The molecule has 7 atom stereocenters. The third-order valence-electron chi connectivity index (χ3n) is 12.8. The van der Waals surface area contributed by atoms with Gasteiger partial charge in [0.2, 0.25) is 29.4 Å². The average Bonchev–Trinajstić information content (AvgIpc) is 3.94. The number of carbonyl (C=O) groups is 7. The first-order chi connectivity index (χ1) is 29.7. The number of hydrogen-bond donors (Lipinski definition) is 7. The van der Waals surface area contributed by atoms with E-state index in [2.05, 4.69) is 36.9 Å². The van der Waals surface area contributed by atoms with Gasteiger partial charge >= 0.3 is 6.09 Å². The standard InChI is InChI=1S/C43H62N10O9/c1-43(2,61)35-22-48-51-53(35)29-21-34(40(58)49-31(36(54)37(44)55)15-9-10-18-45-42(60)62-24-27-13-7-4-8-14-27)52(23-29)41(59)33(19-26-11-5-3-6-12-26)50-38(56)28-16-17-30-32(20-28)46-25-47-39(30)57/h4,7-8,13-14,22,26,28-34,46,61H,3,5-6,9-12,15-21,23-25H2,1-2H3,(H2,44,55)(H,45,60)(H,47,57)(H,49,58)(H,50,56)/t28?,29-,30?,31?,32?,33+,34-/m0/s1. The van der Waals surface area contributed by atoms with Crippen molar-refractivity contribution in [1.29, 1.82) is 0 Å². The highest BCUT2D eigenvalue weighted by Crippen LogP contribution is 2.35. The number of hydrogen-bond acceptors (Lipinski definition) is 12. The number of benzene rings is 1. The van der Waals surface area contributed by atoms with Crippen LogP contribution in [0.1, 0.15) is 115 Å². The van der Waals surface area contributed by atoms with Crippen molar-refractivity contribution < 1.29 is 43.4 Å². The number of nitrogens with two attached hydrogens (primary N) is 1. The van der Waals surface area contributed by atoms with Gasteiger partial charge in [0, 0.05) is 31.5 Å². The second-order valence-corrected chi connectivity index (χ2v) is 17.7. The summed E-state index contributed by atoms with van der Waals surface area (Å²) in [6, 6.07) is 4.96. The lowest BCUT2D eigenvalue weighted by atomic mass is 9.76. The molecule has 0 radical (unpaired) electrons. The third-order valence-corrected chi connectivity index (χ3v) is 12.8. The minimum atomic E-state index is -1.37. The number of primary amides is 1. The Morgan fingerprint density at radius 2 is 1.71 bits per heavy atom. The smallest absolute Gasteiger partial charge is 0.407 e. The third kappa shape index (κ3) is 11.9. The number of unbranched alkanes of at least 4 members (excludes halogenated alkanes) is 1. The fraction of sp³-hybridized carbons (Fsp3) is 0.651. The Bertz CT molecular complexity index is 1910. The molecule has 2 saturated carbocycles. The van der Waals surface area contributed by atoms with E-state index >= 15 is 0 Å². The summed E-state index contributed by atoms with van der Waals surface area (Å²) in [5.41, 5.74) is 5.26. The Morgan fingerprint density at radius 3 is 2.44 bits per heavy atom. The van der Waals surface area contributed by atoms with Gasteiger partial charge < -0.3 is 41.7 Å². The number of aromatic nitrogens is 3. The largest absolute Gasteiger partial charge is 0.445 e. The molecule has 2 saturated heterocycles. The number of rotatable bonds is 18. The Hall–Kier alpha value is -5.43. The molecule has 4 unspecified atom stereocenters. The van der Waals surface area contributed by atoms with Gasteiger partial charge in [0.15, 0.2) is 0 Å². The number of aliphatic hydroxyl groups is 1. The molecule has 2 aliphatic carbocycles. The topological polar surface area (TPSA) is 269 Å². The molecule has 4 fully saturated rings. The van der Waals surface area contributed by atoms with Gasteiger partial charge in [-0.1, -0.05) is 67.6 Å². The van der Waals surface area contributed by atoms with E-state index in [1.165, 1.54) is 15.8 Å².